The van der Waals surface area contributed by atoms with Crippen LogP contribution in [0.2, 0.25) is 0 Å². The molecule has 1 aliphatic rings. The minimum Gasteiger partial charge on any atom is -0.508 e. The number of hydrogen-bond acceptors (Lipinski definition) is 5. The molecule has 25 heavy (non-hydrogen) atoms. The Morgan fingerprint density at radius 3 is 2.72 bits per heavy atom. The Morgan fingerprint density at radius 2 is 2.08 bits per heavy atom. The summed E-state index contributed by atoms with van der Waals surface area (Å²) < 4.78 is 0. The molecule has 1 atom stereocenters. The molecule has 1 amide bonds. The van der Waals surface area contributed by atoms with Gasteiger partial charge in [0.1, 0.15) is 11.4 Å². The van der Waals surface area contributed by atoms with Crippen LogP contribution in [0.15, 0.2) is 42.9 Å². The number of amides is 1. The van der Waals surface area contributed by atoms with Gasteiger partial charge in [0.25, 0.3) is 5.91 Å². The smallest absolute Gasteiger partial charge is 0.274 e. The molecule has 1 fully saturated rings. The van der Waals surface area contributed by atoms with E-state index in [-0.39, 0.29) is 11.9 Å². The number of nitrogens with one attached hydrogen (secondary N) is 1. The number of carbonyl (C=O) groups excluding carboxylic acids is 1. The quantitative estimate of drug-likeness (QED) is 0.874. The molecule has 1 saturated heterocycles. The summed E-state index contributed by atoms with van der Waals surface area (Å²) in [4.78, 5) is 22.3. The number of hydrogen-bond donors (Lipinski definition) is 2. The number of phenols is 1. The molecule has 3 rings (SSSR count). The average Bonchev–Trinajstić information content (AvgIpc) is 2.67. The van der Waals surface area contributed by atoms with Crippen molar-refractivity contribution < 1.29 is 9.90 Å². The van der Waals surface area contributed by atoms with E-state index in [4.69, 9.17) is 0 Å². The van der Waals surface area contributed by atoms with E-state index in [0.29, 0.717) is 30.6 Å². The van der Waals surface area contributed by atoms with Gasteiger partial charge in [-0.3, -0.25) is 9.78 Å². The molecule has 2 N–H and O–H groups in total. The summed E-state index contributed by atoms with van der Waals surface area (Å²) in [5.74, 6) is 0.274. The molecule has 132 valence electrons. The van der Waals surface area contributed by atoms with E-state index in [1.807, 2.05) is 23.1 Å². The Kier molecular flexibility index (Phi) is 5.60. The van der Waals surface area contributed by atoms with Gasteiger partial charge in [-0.25, -0.2) is 4.98 Å². The number of phenolic OH excluding ortho intramolecular Hbond substituents is 1. The monoisotopic (exact) mass is 340 g/mol. The Morgan fingerprint density at radius 1 is 1.32 bits per heavy atom. The summed E-state index contributed by atoms with van der Waals surface area (Å²) >= 11 is 0. The summed E-state index contributed by atoms with van der Waals surface area (Å²) in [7, 11) is 0. The Hall–Kier alpha value is -2.47. The van der Waals surface area contributed by atoms with Crippen molar-refractivity contribution in [2.75, 3.05) is 13.1 Å². The van der Waals surface area contributed by atoms with Crippen LogP contribution in [0.3, 0.4) is 0 Å². The number of benzene rings is 1. The molecule has 0 spiro atoms. The first-order chi connectivity index (χ1) is 12.2. The first-order valence-electron chi connectivity index (χ1n) is 8.78. The van der Waals surface area contributed by atoms with E-state index >= 15 is 0 Å². The zero-order valence-corrected chi connectivity index (χ0v) is 14.4. The van der Waals surface area contributed by atoms with Gasteiger partial charge in [0, 0.05) is 43.1 Å². The van der Waals surface area contributed by atoms with Crippen molar-refractivity contribution >= 4 is 5.91 Å². The second-order valence-corrected chi connectivity index (χ2v) is 6.34. The molecule has 6 nitrogen and oxygen atoms in total. The molecule has 1 unspecified atom stereocenters. The van der Waals surface area contributed by atoms with Crippen LogP contribution in [-0.4, -0.2) is 45.0 Å². The SMILES string of the molecule is CCC(NC1CCN(C(=O)c2cnccn2)CC1)c1ccccc1O. The normalized spacial score (nSPS) is 16.6. The highest BCUT2D eigenvalue weighted by atomic mass is 16.3. The van der Waals surface area contributed by atoms with E-state index in [2.05, 4.69) is 22.2 Å². The molecule has 1 aromatic heterocycles. The third-order valence-corrected chi connectivity index (χ3v) is 4.72. The predicted octanol–water partition coefficient (Wildman–Crippen LogP) is 2.53. The highest BCUT2D eigenvalue weighted by molar-refractivity contribution is 5.92. The van der Waals surface area contributed by atoms with E-state index in [0.717, 1.165) is 24.8 Å². The number of piperidine rings is 1. The highest BCUT2D eigenvalue weighted by Gasteiger charge is 2.26. The molecule has 0 saturated carbocycles. The van der Waals surface area contributed by atoms with E-state index in [1.54, 1.807) is 18.5 Å². The van der Waals surface area contributed by atoms with Crippen molar-refractivity contribution in [3.05, 3.63) is 54.1 Å². The van der Waals surface area contributed by atoms with Crippen molar-refractivity contribution in [3.8, 4) is 5.75 Å². The summed E-state index contributed by atoms with van der Waals surface area (Å²) in [5, 5.41) is 13.7. The molecule has 0 radical (unpaired) electrons. The summed E-state index contributed by atoms with van der Waals surface area (Å²) in [6.45, 7) is 3.51. The molecular formula is C19H24N4O2. The van der Waals surface area contributed by atoms with E-state index < -0.39 is 0 Å². The zero-order valence-electron chi connectivity index (χ0n) is 14.4. The Labute approximate surface area is 147 Å². The van der Waals surface area contributed by atoms with Gasteiger partial charge in [-0.2, -0.15) is 0 Å². The molecule has 2 aromatic rings. The maximum Gasteiger partial charge on any atom is 0.274 e. The van der Waals surface area contributed by atoms with Crippen molar-refractivity contribution in [1.29, 1.82) is 0 Å². The average molecular weight is 340 g/mol. The first kappa shape index (κ1) is 17.4. The molecule has 2 heterocycles. The summed E-state index contributed by atoms with van der Waals surface area (Å²) in [6, 6.07) is 7.92. The highest BCUT2D eigenvalue weighted by Crippen LogP contribution is 2.27. The third kappa shape index (κ3) is 4.14. The number of rotatable bonds is 5. The van der Waals surface area contributed by atoms with Crippen LogP contribution in [-0.2, 0) is 0 Å². The first-order valence-corrected chi connectivity index (χ1v) is 8.78. The fraction of sp³-hybridized carbons (Fsp3) is 0.421. The van der Waals surface area contributed by atoms with Crippen LogP contribution in [0.1, 0.15) is 48.3 Å². The molecule has 6 heteroatoms. The molecule has 1 aromatic carbocycles. The fourth-order valence-corrected chi connectivity index (χ4v) is 3.32. The minimum atomic E-state index is -0.0562. The topological polar surface area (TPSA) is 78.4 Å². The second-order valence-electron chi connectivity index (χ2n) is 6.34. The van der Waals surface area contributed by atoms with Crippen molar-refractivity contribution in [1.82, 2.24) is 20.2 Å². The van der Waals surface area contributed by atoms with Gasteiger partial charge in [0.15, 0.2) is 0 Å². The number of aromatic nitrogens is 2. The summed E-state index contributed by atoms with van der Waals surface area (Å²) in [6.07, 6.45) is 7.29. The Bertz CT molecular complexity index is 700. The lowest BCUT2D eigenvalue weighted by Crippen LogP contribution is -2.46. The lowest BCUT2D eigenvalue weighted by Gasteiger charge is -2.34. The van der Waals surface area contributed by atoms with Crippen molar-refractivity contribution in [2.45, 2.75) is 38.3 Å². The van der Waals surface area contributed by atoms with Gasteiger partial charge in [-0.15, -0.1) is 0 Å². The molecule has 1 aliphatic heterocycles. The van der Waals surface area contributed by atoms with E-state index in [9.17, 15) is 9.90 Å². The second kappa shape index (κ2) is 8.07. The van der Waals surface area contributed by atoms with Crippen LogP contribution in [0.5, 0.6) is 5.75 Å². The maximum atomic E-state index is 12.4. The lowest BCUT2D eigenvalue weighted by molar-refractivity contribution is 0.0695. The Balaban J connectivity index is 1.57. The number of likely N-dealkylation sites (tertiary alicyclic amines) is 1. The minimum absolute atomic E-state index is 0.0562. The van der Waals surface area contributed by atoms with Gasteiger partial charge < -0.3 is 15.3 Å². The maximum absolute atomic E-state index is 12.4. The van der Waals surface area contributed by atoms with Crippen LogP contribution >= 0.6 is 0 Å². The van der Waals surface area contributed by atoms with Gasteiger partial charge in [0.2, 0.25) is 0 Å². The zero-order chi connectivity index (χ0) is 17.6. The number of carbonyl (C=O) groups is 1. The summed E-state index contributed by atoms with van der Waals surface area (Å²) in [5.41, 5.74) is 1.33. The van der Waals surface area contributed by atoms with Gasteiger partial charge >= 0.3 is 0 Å². The van der Waals surface area contributed by atoms with Gasteiger partial charge in [0.05, 0.1) is 6.20 Å². The largest absolute Gasteiger partial charge is 0.508 e. The predicted molar refractivity (Wildman–Crippen MR) is 95.2 cm³/mol. The van der Waals surface area contributed by atoms with Gasteiger partial charge in [-0.05, 0) is 25.3 Å². The van der Waals surface area contributed by atoms with Gasteiger partial charge in [-0.1, -0.05) is 25.1 Å². The van der Waals surface area contributed by atoms with Crippen LogP contribution in [0.4, 0.5) is 0 Å². The number of para-hydroxylation sites is 1. The molecular weight excluding hydrogens is 316 g/mol. The molecule has 0 bridgehead atoms. The standard InChI is InChI=1S/C19H24N4O2/c1-2-16(15-5-3-4-6-18(15)24)22-14-7-11-23(12-8-14)19(25)17-13-20-9-10-21-17/h3-6,9-10,13-14,16,22,24H,2,7-8,11-12H2,1H3. The van der Waals surface area contributed by atoms with Crippen LogP contribution < -0.4 is 5.32 Å². The number of nitrogens with zero attached hydrogens (tertiary/aromatic N) is 3. The lowest BCUT2D eigenvalue weighted by atomic mass is 9.98. The third-order valence-electron chi connectivity index (χ3n) is 4.72. The van der Waals surface area contributed by atoms with Crippen LogP contribution in [0, 0.1) is 0 Å². The van der Waals surface area contributed by atoms with Crippen molar-refractivity contribution in [2.24, 2.45) is 0 Å². The van der Waals surface area contributed by atoms with Crippen LogP contribution in [0.25, 0.3) is 0 Å². The number of aromatic hydroxyl groups is 1. The van der Waals surface area contributed by atoms with Crippen molar-refractivity contribution in [3.63, 3.8) is 0 Å². The fourth-order valence-electron chi connectivity index (χ4n) is 3.32. The van der Waals surface area contributed by atoms with E-state index in [1.165, 1.54) is 6.20 Å². The molecule has 0 aliphatic carbocycles.